The lowest BCUT2D eigenvalue weighted by Crippen LogP contribution is -2.46. The first kappa shape index (κ1) is 19.2. The summed E-state index contributed by atoms with van der Waals surface area (Å²) in [6, 6.07) is 18.4. The highest BCUT2D eigenvalue weighted by atomic mass is 16.2. The molecule has 0 aliphatic carbocycles. The quantitative estimate of drug-likeness (QED) is 0.818. The van der Waals surface area contributed by atoms with Crippen LogP contribution in [0.3, 0.4) is 0 Å². The molecule has 27 heavy (non-hydrogen) atoms. The van der Waals surface area contributed by atoms with Gasteiger partial charge in [-0.25, -0.2) is 0 Å². The Kier molecular flexibility index (Phi) is 6.64. The van der Waals surface area contributed by atoms with Crippen molar-refractivity contribution >= 4 is 11.8 Å². The third-order valence-electron chi connectivity index (χ3n) is 5.32. The number of amides is 2. The lowest BCUT2D eigenvalue weighted by molar-refractivity contribution is -0.138. The molecule has 3 rings (SSSR count). The summed E-state index contributed by atoms with van der Waals surface area (Å²) in [4.78, 5) is 26.7. The van der Waals surface area contributed by atoms with Crippen molar-refractivity contribution in [3.05, 3.63) is 71.3 Å². The van der Waals surface area contributed by atoms with Gasteiger partial charge >= 0.3 is 0 Å². The Morgan fingerprint density at radius 3 is 2.63 bits per heavy atom. The summed E-state index contributed by atoms with van der Waals surface area (Å²) in [5.41, 5.74) is 3.60. The van der Waals surface area contributed by atoms with Crippen molar-refractivity contribution in [2.45, 2.75) is 39.2 Å². The average molecular weight is 364 g/mol. The van der Waals surface area contributed by atoms with E-state index >= 15 is 0 Å². The van der Waals surface area contributed by atoms with Gasteiger partial charge in [0.05, 0.1) is 5.92 Å². The van der Waals surface area contributed by atoms with Gasteiger partial charge in [0.1, 0.15) is 0 Å². The molecule has 4 heteroatoms. The van der Waals surface area contributed by atoms with Gasteiger partial charge in [-0.1, -0.05) is 54.6 Å². The van der Waals surface area contributed by atoms with Gasteiger partial charge in [-0.15, -0.1) is 0 Å². The molecule has 0 aromatic heterocycles. The molecule has 0 bridgehead atoms. The Morgan fingerprint density at radius 2 is 1.85 bits per heavy atom. The number of benzene rings is 2. The zero-order chi connectivity index (χ0) is 19.1. The van der Waals surface area contributed by atoms with Crippen molar-refractivity contribution in [3.63, 3.8) is 0 Å². The van der Waals surface area contributed by atoms with Gasteiger partial charge in [0.15, 0.2) is 0 Å². The first-order valence-electron chi connectivity index (χ1n) is 9.77. The molecule has 2 amide bonds. The second-order valence-electron chi connectivity index (χ2n) is 7.31. The molecule has 1 heterocycles. The summed E-state index contributed by atoms with van der Waals surface area (Å²) < 4.78 is 0. The van der Waals surface area contributed by atoms with Gasteiger partial charge < -0.3 is 10.2 Å². The van der Waals surface area contributed by atoms with E-state index in [-0.39, 0.29) is 17.7 Å². The second-order valence-corrected chi connectivity index (χ2v) is 7.31. The van der Waals surface area contributed by atoms with Crippen LogP contribution in [0.15, 0.2) is 54.6 Å². The van der Waals surface area contributed by atoms with Gasteiger partial charge in [0.25, 0.3) is 0 Å². The Balaban J connectivity index is 1.47. The molecule has 0 unspecified atom stereocenters. The maximum Gasteiger partial charge on any atom is 0.225 e. The molecule has 2 aromatic carbocycles. The van der Waals surface area contributed by atoms with Crippen LogP contribution in [0.4, 0.5) is 0 Å². The standard InChI is InChI=1S/C23H28N2O2/c1-18-8-5-6-12-20(18)16-24-23(27)21-13-14-22(26)25(17-21)15-7-11-19-9-3-2-4-10-19/h2-6,8-10,12,21H,7,11,13-17H2,1H3,(H,24,27)/t21-/m1/s1. The molecule has 1 atom stereocenters. The van der Waals surface area contributed by atoms with Crippen LogP contribution in [0, 0.1) is 12.8 Å². The number of piperidine rings is 1. The Labute approximate surface area is 161 Å². The monoisotopic (exact) mass is 364 g/mol. The van der Waals surface area contributed by atoms with Crippen LogP contribution in [0.1, 0.15) is 36.0 Å². The Bertz CT molecular complexity index is 773. The predicted octanol–water partition coefficient (Wildman–Crippen LogP) is 3.48. The fourth-order valence-corrected chi connectivity index (χ4v) is 3.60. The largest absolute Gasteiger partial charge is 0.352 e. The molecular weight excluding hydrogens is 336 g/mol. The van der Waals surface area contributed by atoms with Crippen LogP contribution < -0.4 is 5.32 Å². The number of carbonyl (C=O) groups excluding carboxylic acids is 2. The van der Waals surface area contributed by atoms with Gasteiger partial charge in [-0.05, 0) is 42.9 Å². The SMILES string of the molecule is Cc1ccccc1CNC(=O)[C@@H]1CCC(=O)N(CCCc2ccccc2)C1. The van der Waals surface area contributed by atoms with Gasteiger partial charge in [0, 0.05) is 26.1 Å². The van der Waals surface area contributed by atoms with E-state index in [0.717, 1.165) is 24.9 Å². The van der Waals surface area contributed by atoms with E-state index < -0.39 is 0 Å². The van der Waals surface area contributed by atoms with Crippen LogP contribution in [-0.2, 0) is 22.6 Å². The fraction of sp³-hybridized carbons (Fsp3) is 0.391. The summed E-state index contributed by atoms with van der Waals surface area (Å²) in [6.07, 6.45) is 2.99. The van der Waals surface area contributed by atoms with E-state index in [1.54, 1.807) is 0 Å². The smallest absolute Gasteiger partial charge is 0.225 e. The number of nitrogens with one attached hydrogen (secondary N) is 1. The normalized spacial score (nSPS) is 17.0. The summed E-state index contributed by atoms with van der Waals surface area (Å²) >= 11 is 0. The highest BCUT2D eigenvalue weighted by Gasteiger charge is 2.29. The Morgan fingerprint density at radius 1 is 1.11 bits per heavy atom. The molecular formula is C23H28N2O2. The van der Waals surface area contributed by atoms with Gasteiger partial charge in [-0.2, -0.15) is 0 Å². The number of hydrogen-bond donors (Lipinski definition) is 1. The summed E-state index contributed by atoms with van der Waals surface area (Å²) in [6.45, 7) is 3.85. The van der Waals surface area contributed by atoms with E-state index in [1.165, 1.54) is 11.1 Å². The van der Waals surface area contributed by atoms with Crippen molar-refractivity contribution in [1.82, 2.24) is 10.2 Å². The number of nitrogens with zero attached hydrogens (tertiary/aromatic N) is 1. The number of rotatable bonds is 7. The first-order valence-corrected chi connectivity index (χ1v) is 9.77. The molecule has 1 aliphatic rings. The molecule has 2 aromatic rings. The number of hydrogen-bond acceptors (Lipinski definition) is 2. The van der Waals surface area contributed by atoms with Crippen LogP contribution in [-0.4, -0.2) is 29.8 Å². The minimum Gasteiger partial charge on any atom is -0.352 e. The molecule has 4 nitrogen and oxygen atoms in total. The van der Waals surface area contributed by atoms with Crippen LogP contribution in [0.25, 0.3) is 0 Å². The Hall–Kier alpha value is -2.62. The number of likely N-dealkylation sites (tertiary alicyclic amines) is 1. The van der Waals surface area contributed by atoms with E-state index in [0.29, 0.717) is 25.9 Å². The third-order valence-corrected chi connectivity index (χ3v) is 5.32. The molecule has 1 aliphatic heterocycles. The summed E-state index contributed by atoms with van der Waals surface area (Å²) in [5.74, 6) is 0.119. The lowest BCUT2D eigenvalue weighted by Gasteiger charge is -2.32. The second kappa shape index (κ2) is 9.36. The topological polar surface area (TPSA) is 49.4 Å². The molecule has 1 fully saturated rings. The maximum atomic E-state index is 12.6. The molecule has 1 N–H and O–H groups in total. The minimum atomic E-state index is -0.108. The zero-order valence-corrected chi connectivity index (χ0v) is 16.0. The number of aryl methyl sites for hydroxylation is 2. The van der Waals surface area contributed by atoms with Gasteiger partial charge in [-0.3, -0.25) is 9.59 Å². The zero-order valence-electron chi connectivity index (χ0n) is 16.0. The molecule has 0 radical (unpaired) electrons. The summed E-state index contributed by atoms with van der Waals surface area (Å²) in [7, 11) is 0. The van der Waals surface area contributed by atoms with Crippen LogP contribution >= 0.6 is 0 Å². The average Bonchev–Trinajstić information content (AvgIpc) is 2.69. The van der Waals surface area contributed by atoms with E-state index in [9.17, 15) is 9.59 Å². The molecule has 0 saturated carbocycles. The van der Waals surface area contributed by atoms with E-state index in [1.807, 2.05) is 41.3 Å². The predicted molar refractivity (Wildman–Crippen MR) is 107 cm³/mol. The first-order chi connectivity index (χ1) is 13.1. The fourth-order valence-electron chi connectivity index (χ4n) is 3.60. The summed E-state index contributed by atoms with van der Waals surface area (Å²) in [5, 5.41) is 3.05. The van der Waals surface area contributed by atoms with Crippen molar-refractivity contribution in [3.8, 4) is 0 Å². The highest BCUT2D eigenvalue weighted by Crippen LogP contribution is 2.19. The number of carbonyl (C=O) groups is 2. The van der Waals surface area contributed by atoms with Crippen molar-refractivity contribution < 1.29 is 9.59 Å². The van der Waals surface area contributed by atoms with Crippen LogP contribution in [0.2, 0.25) is 0 Å². The highest BCUT2D eigenvalue weighted by molar-refractivity contribution is 5.83. The lowest BCUT2D eigenvalue weighted by atomic mass is 9.96. The van der Waals surface area contributed by atoms with E-state index in [4.69, 9.17) is 0 Å². The van der Waals surface area contributed by atoms with Crippen LogP contribution in [0.5, 0.6) is 0 Å². The molecule has 0 spiro atoms. The van der Waals surface area contributed by atoms with Gasteiger partial charge in [0.2, 0.25) is 11.8 Å². The van der Waals surface area contributed by atoms with Crippen molar-refractivity contribution in [2.75, 3.05) is 13.1 Å². The maximum absolute atomic E-state index is 12.6. The van der Waals surface area contributed by atoms with Crippen molar-refractivity contribution in [1.29, 1.82) is 0 Å². The third kappa shape index (κ3) is 5.43. The van der Waals surface area contributed by atoms with Crippen molar-refractivity contribution in [2.24, 2.45) is 5.92 Å². The molecule has 142 valence electrons. The minimum absolute atomic E-state index is 0.0545. The molecule has 1 saturated heterocycles. The van der Waals surface area contributed by atoms with E-state index in [2.05, 4.69) is 30.4 Å².